The number of hydrogen-bond donors (Lipinski definition) is 0. The van der Waals surface area contributed by atoms with Gasteiger partial charge in [-0.3, -0.25) is 0 Å². The minimum Gasteiger partial charge on any atom is -0.147 e. The van der Waals surface area contributed by atoms with Crippen LogP contribution in [0.2, 0.25) is 0 Å². The summed E-state index contributed by atoms with van der Waals surface area (Å²) >= 11 is 2.02. The first-order valence-corrected chi connectivity index (χ1v) is 3.91. The van der Waals surface area contributed by atoms with Crippen LogP contribution in [0.15, 0.2) is 11.6 Å². The van der Waals surface area contributed by atoms with Gasteiger partial charge in [-0.25, -0.2) is 0 Å². The molecular formula is C7H12S. The molecule has 0 spiro atoms. The molecule has 0 unspecified atom stereocenters. The Morgan fingerprint density at radius 1 is 1.62 bits per heavy atom. The van der Waals surface area contributed by atoms with Crippen LogP contribution in [0.25, 0.3) is 0 Å². The van der Waals surface area contributed by atoms with E-state index in [-0.39, 0.29) is 0 Å². The van der Waals surface area contributed by atoms with Gasteiger partial charge in [0.15, 0.2) is 0 Å². The van der Waals surface area contributed by atoms with Gasteiger partial charge in [-0.05, 0) is 20.8 Å². The lowest BCUT2D eigenvalue weighted by Gasteiger charge is -2.11. The summed E-state index contributed by atoms with van der Waals surface area (Å²) in [5.41, 5.74) is 1.53. The minimum absolute atomic E-state index is 0.421. The van der Waals surface area contributed by atoms with Gasteiger partial charge >= 0.3 is 0 Å². The van der Waals surface area contributed by atoms with Crippen LogP contribution in [-0.4, -0.2) is 10.5 Å². The molecule has 1 heteroatoms. The van der Waals surface area contributed by atoms with E-state index in [0.717, 1.165) is 0 Å². The van der Waals surface area contributed by atoms with E-state index in [1.807, 2.05) is 11.8 Å². The molecule has 0 aromatic rings. The fourth-order valence-corrected chi connectivity index (χ4v) is 1.94. The van der Waals surface area contributed by atoms with Gasteiger partial charge < -0.3 is 0 Å². The molecule has 0 bridgehead atoms. The average molecular weight is 128 g/mol. The lowest BCUT2D eigenvalue weighted by atomic mass is 10.1. The van der Waals surface area contributed by atoms with Gasteiger partial charge in [0.1, 0.15) is 0 Å². The van der Waals surface area contributed by atoms with Crippen molar-refractivity contribution in [3.05, 3.63) is 11.6 Å². The Morgan fingerprint density at radius 3 is 2.38 bits per heavy atom. The van der Waals surface area contributed by atoms with Crippen LogP contribution >= 0.6 is 11.8 Å². The maximum Gasteiger partial charge on any atom is 0.0288 e. The van der Waals surface area contributed by atoms with Crippen molar-refractivity contribution >= 4 is 11.8 Å². The first-order chi connectivity index (χ1) is 3.60. The summed E-state index contributed by atoms with van der Waals surface area (Å²) in [5.74, 6) is 1.23. The molecule has 0 saturated carbocycles. The zero-order chi connectivity index (χ0) is 6.20. The molecule has 8 heavy (non-hydrogen) atoms. The molecule has 0 radical (unpaired) electrons. The van der Waals surface area contributed by atoms with Crippen LogP contribution in [0.5, 0.6) is 0 Å². The second-order valence-electron chi connectivity index (χ2n) is 2.88. The monoisotopic (exact) mass is 128 g/mol. The predicted octanol–water partition coefficient (Wildman–Crippen LogP) is 2.46. The molecule has 1 heterocycles. The lowest BCUT2D eigenvalue weighted by Crippen LogP contribution is -2.04. The van der Waals surface area contributed by atoms with E-state index in [9.17, 15) is 0 Å². The molecule has 0 atom stereocenters. The summed E-state index contributed by atoms with van der Waals surface area (Å²) in [7, 11) is 0. The van der Waals surface area contributed by atoms with Crippen molar-refractivity contribution in [3.8, 4) is 0 Å². The smallest absolute Gasteiger partial charge is 0.0288 e. The number of hydrogen-bond acceptors (Lipinski definition) is 1. The van der Waals surface area contributed by atoms with Gasteiger partial charge in [-0.1, -0.05) is 11.6 Å². The molecule has 0 N–H and O–H groups in total. The van der Waals surface area contributed by atoms with Crippen LogP contribution in [0.4, 0.5) is 0 Å². The highest BCUT2D eigenvalue weighted by Crippen LogP contribution is 2.34. The Hall–Kier alpha value is 0.0900. The third-order valence-electron chi connectivity index (χ3n) is 1.27. The quantitative estimate of drug-likeness (QED) is 0.452. The zero-order valence-electron chi connectivity index (χ0n) is 5.69. The second kappa shape index (κ2) is 1.80. The van der Waals surface area contributed by atoms with Crippen molar-refractivity contribution in [2.24, 2.45) is 0 Å². The molecule has 0 fully saturated rings. The summed E-state index contributed by atoms with van der Waals surface area (Å²) in [6.45, 7) is 6.71. The fraction of sp³-hybridized carbons (Fsp3) is 0.714. The zero-order valence-corrected chi connectivity index (χ0v) is 6.51. The topological polar surface area (TPSA) is 0 Å². The Kier molecular flexibility index (Phi) is 1.40. The van der Waals surface area contributed by atoms with Gasteiger partial charge in [0.2, 0.25) is 0 Å². The van der Waals surface area contributed by atoms with E-state index in [1.54, 1.807) is 0 Å². The second-order valence-corrected chi connectivity index (χ2v) is 4.51. The van der Waals surface area contributed by atoms with Crippen molar-refractivity contribution in [2.75, 3.05) is 5.75 Å². The molecular weight excluding hydrogens is 116 g/mol. The first-order valence-electron chi connectivity index (χ1n) is 2.92. The largest absolute Gasteiger partial charge is 0.147 e. The molecule has 1 aliphatic rings. The van der Waals surface area contributed by atoms with Crippen LogP contribution in [-0.2, 0) is 0 Å². The van der Waals surface area contributed by atoms with Gasteiger partial charge in [-0.15, -0.1) is 11.8 Å². The minimum atomic E-state index is 0.421. The highest BCUT2D eigenvalue weighted by molar-refractivity contribution is 8.01. The number of rotatable bonds is 0. The van der Waals surface area contributed by atoms with Crippen molar-refractivity contribution in [1.29, 1.82) is 0 Å². The van der Waals surface area contributed by atoms with Crippen LogP contribution in [0.1, 0.15) is 20.8 Å². The Bertz CT molecular complexity index is 122. The van der Waals surface area contributed by atoms with Gasteiger partial charge in [0, 0.05) is 10.5 Å². The number of thioether (sulfide) groups is 1. The summed E-state index contributed by atoms with van der Waals surface area (Å²) in [4.78, 5) is 0. The van der Waals surface area contributed by atoms with E-state index in [4.69, 9.17) is 0 Å². The lowest BCUT2D eigenvalue weighted by molar-refractivity contribution is 0.906. The summed E-state index contributed by atoms with van der Waals surface area (Å²) in [6, 6.07) is 0. The normalized spacial score (nSPS) is 25.6. The van der Waals surface area contributed by atoms with Crippen molar-refractivity contribution in [1.82, 2.24) is 0 Å². The van der Waals surface area contributed by atoms with E-state index in [0.29, 0.717) is 4.75 Å². The maximum absolute atomic E-state index is 2.34. The summed E-state index contributed by atoms with van der Waals surface area (Å²) in [6.07, 6.45) is 2.34. The molecule has 0 saturated heterocycles. The average Bonchev–Trinajstić information content (AvgIpc) is 1.82. The van der Waals surface area contributed by atoms with Gasteiger partial charge in [0.25, 0.3) is 0 Å². The van der Waals surface area contributed by atoms with Gasteiger partial charge in [-0.2, -0.15) is 0 Å². The molecule has 46 valence electrons. The van der Waals surface area contributed by atoms with Crippen molar-refractivity contribution in [2.45, 2.75) is 25.5 Å². The standard InChI is InChI=1S/C7H12S/c1-6-4-7(2,3)8-5-6/h4H,5H2,1-3H3. The van der Waals surface area contributed by atoms with E-state index in [2.05, 4.69) is 26.8 Å². The highest BCUT2D eigenvalue weighted by Gasteiger charge is 2.20. The molecule has 1 aliphatic heterocycles. The van der Waals surface area contributed by atoms with Gasteiger partial charge in [0.05, 0.1) is 0 Å². The van der Waals surface area contributed by atoms with Crippen LogP contribution in [0.3, 0.4) is 0 Å². The first kappa shape index (κ1) is 6.21. The van der Waals surface area contributed by atoms with E-state index < -0.39 is 0 Å². The maximum atomic E-state index is 2.34. The fourth-order valence-electron chi connectivity index (χ4n) is 0.977. The SMILES string of the molecule is CC1=CC(C)(C)SC1. The third kappa shape index (κ3) is 1.28. The van der Waals surface area contributed by atoms with Crippen LogP contribution < -0.4 is 0 Å². The highest BCUT2D eigenvalue weighted by atomic mass is 32.2. The Labute approximate surface area is 55.4 Å². The molecule has 0 aromatic carbocycles. The van der Waals surface area contributed by atoms with Crippen molar-refractivity contribution < 1.29 is 0 Å². The Balaban J connectivity index is 2.67. The Morgan fingerprint density at radius 2 is 2.25 bits per heavy atom. The summed E-state index contributed by atoms with van der Waals surface area (Å²) in [5, 5.41) is 0. The summed E-state index contributed by atoms with van der Waals surface area (Å²) < 4.78 is 0.421. The predicted molar refractivity (Wildman–Crippen MR) is 40.3 cm³/mol. The molecule has 0 aromatic heterocycles. The molecule has 1 rings (SSSR count). The van der Waals surface area contributed by atoms with E-state index >= 15 is 0 Å². The molecule has 0 aliphatic carbocycles. The van der Waals surface area contributed by atoms with Crippen molar-refractivity contribution in [3.63, 3.8) is 0 Å². The molecule has 0 nitrogen and oxygen atoms in total. The third-order valence-corrected chi connectivity index (χ3v) is 2.73. The van der Waals surface area contributed by atoms with E-state index in [1.165, 1.54) is 11.3 Å². The molecule has 0 amide bonds. The van der Waals surface area contributed by atoms with Crippen LogP contribution in [0, 0.1) is 0 Å².